The number of aromatic nitrogens is 2. The van der Waals surface area contributed by atoms with Crippen molar-refractivity contribution in [3.8, 4) is 0 Å². The predicted octanol–water partition coefficient (Wildman–Crippen LogP) is 1.13. The van der Waals surface area contributed by atoms with Crippen LogP contribution in [0.5, 0.6) is 0 Å². The van der Waals surface area contributed by atoms with E-state index in [1.54, 1.807) is 17.1 Å². The van der Waals surface area contributed by atoms with Crippen molar-refractivity contribution in [1.82, 2.24) is 15.1 Å². The van der Waals surface area contributed by atoms with E-state index in [1.165, 1.54) is 0 Å². The second kappa shape index (κ2) is 4.84. The molecule has 1 aromatic heterocycles. The SMILES string of the molecule is O=C(O)C(CCn1cc(Cl)cn1)NC1CC1. The summed E-state index contributed by atoms with van der Waals surface area (Å²) in [6.07, 6.45) is 5.92. The fraction of sp³-hybridized carbons (Fsp3) is 0.600. The summed E-state index contributed by atoms with van der Waals surface area (Å²) in [5.41, 5.74) is 0. The molecule has 1 aliphatic rings. The van der Waals surface area contributed by atoms with E-state index in [0.29, 0.717) is 24.0 Å². The van der Waals surface area contributed by atoms with Crippen LogP contribution in [0.25, 0.3) is 0 Å². The molecular formula is C10H14ClN3O2. The molecule has 1 heterocycles. The van der Waals surface area contributed by atoms with Gasteiger partial charge < -0.3 is 10.4 Å². The van der Waals surface area contributed by atoms with Crippen molar-refractivity contribution >= 4 is 17.6 Å². The Balaban J connectivity index is 1.83. The van der Waals surface area contributed by atoms with Gasteiger partial charge in [-0.25, -0.2) is 0 Å². The Kier molecular flexibility index (Phi) is 3.46. The third kappa shape index (κ3) is 3.21. The van der Waals surface area contributed by atoms with E-state index < -0.39 is 12.0 Å². The van der Waals surface area contributed by atoms with Crippen LogP contribution in [0.4, 0.5) is 0 Å². The van der Waals surface area contributed by atoms with Crippen molar-refractivity contribution in [2.45, 2.75) is 37.9 Å². The van der Waals surface area contributed by atoms with E-state index in [2.05, 4.69) is 10.4 Å². The van der Waals surface area contributed by atoms with Crippen LogP contribution in [-0.2, 0) is 11.3 Å². The number of carboxylic acid groups (broad SMARTS) is 1. The molecule has 1 aromatic rings. The molecule has 1 unspecified atom stereocenters. The average molecular weight is 244 g/mol. The van der Waals surface area contributed by atoms with Gasteiger partial charge in [0.1, 0.15) is 6.04 Å². The Bertz CT molecular complexity index is 376. The zero-order valence-corrected chi connectivity index (χ0v) is 9.52. The van der Waals surface area contributed by atoms with Gasteiger partial charge in [-0.3, -0.25) is 9.48 Å². The van der Waals surface area contributed by atoms with Gasteiger partial charge in [-0.1, -0.05) is 11.6 Å². The van der Waals surface area contributed by atoms with E-state index in [0.717, 1.165) is 12.8 Å². The number of hydrogen-bond acceptors (Lipinski definition) is 3. The van der Waals surface area contributed by atoms with Gasteiger partial charge in [0, 0.05) is 18.8 Å². The Hall–Kier alpha value is -1.07. The second-order valence-electron chi connectivity index (χ2n) is 4.04. The molecule has 0 amide bonds. The number of hydrogen-bond donors (Lipinski definition) is 2. The van der Waals surface area contributed by atoms with E-state index in [9.17, 15) is 4.79 Å². The summed E-state index contributed by atoms with van der Waals surface area (Å²) in [5.74, 6) is -0.801. The number of nitrogens with one attached hydrogen (secondary N) is 1. The summed E-state index contributed by atoms with van der Waals surface area (Å²) < 4.78 is 1.66. The standard InChI is InChI=1S/C10H14ClN3O2/c11-7-5-12-14(6-7)4-3-9(10(15)16)13-8-1-2-8/h5-6,8-9,13H,1-4H2,(H,15,16). The van der Waals surface area contributed by atoms with Crippen LogP contribution >= 0.6 is 11.6 Å². The van der Waals surface area contributed by atoms with Crippen molar-refractivity contribution in [3.63, 3.8) is 0 Å². The molecule has 2 rings (SSSR count). The van der Waals surface area contributed by atoms with Crippen molar-refractivity contribution in [1.29, 1.82) is 0 Å². The van der Waals surface area contributed by atoms with Gasteiger partial charge in [-0.15, -0.1) is 0 Å². The van der Waals surface area contributed by atoms with Crippen molar-refractivity contribution < 1.29 is 9.90 Å². The lowest BCUT2D eigenvalue weighted by Gasteiger charge is -2.13. The molecule has 0 aromatic carbocycles. The monoisotopic (exact) mass is 243 g/mol. The quantitative estimate of drug-likeness (QED) is 0.786. The lowest BCUT2D eigenvalue weighted by Crippen LogP contribution is -2.38. The average Bonchev–Trinajstić information content (AvgIpc) is 2.95. The Morgan fingerprint density at radius 1 is 1.75 bits per heavy atom. The molecule has 1 fully saturated rings. The zero-order chi connectivity index (χ0) is 11.5. The maximum Gasteiger partial charge on any atom is 0.320 e. The van der Waals surface area contributed by atoms with Gasteiger partial charge in [0.2, 0.25) is 0 Å². The largest absolute Gasteiger partial charge is 0.480 e. The van der Waals surface area contributed by atoms with Crippen LogP contribution in [0.2, 0.25) is 5.02 Å². The van der Waals surface area contributed by atoms with Crippen molar-refractivity contribution in [2.24, 2.45) is 0 Å². The van der Waals surface area contributed by atoms with Gasteiger partial charge in [-0.05, 0) is 19.3 Å². The number of halogens is 1. The maximum atomic E-state index is 11.0. The van der Waals surface area contributed by atoms with Gasteiger partial charge in [0.05, 0.1) is 11.2 Å². The first-order valence-corrected chi connectivity index (χ1v) is 5.70. The summed E-state index contributed by atoms with van der Waals surface area (Å²) >= 11 is 5.72. The molecule has 0 bridgehead atoms. The highest BCUT2D eigenvalue weighted by Gasteiger charge is 2.27. The molecular weight excluding hydrogens is 230 g/mol. The second-order valence-corrected chi connectivity index (χ2v) is 4.48. The highest BCUT2D eigenvalue weighted by molar-refractivity contribution is 6.30. The Labute approximate surface area is 98.4 Å². The molecule has 1 saturated carbocycles. The van der Waals surface area contributed by atoms with Crippen LogP contribution in [0.3, 0.4) is 0 Å². The van der Waals surface area contributed by atoms with E-state index in [-0.39, 0.29) is 0 Å². The van der Waals surface area contributed by atoms with Crippen LogP contribution in [0.15, 0.2) is 12.4 Å². The first-order valence-electron chi connectivity index (χ1n) is 5.32. The molecule has 88 valence electrons. The van der Waals surface area contributed by atoms with E-state index in [4.69, 9.17) is 16.7 Å². The molecule has 6 heteroatoms. The van der Waals surface area contributed by atoms with Crippen molar-refractivity contribution in [2.75, 3.05) is 0 Å². The van der Waals surface area contributed by atoms with Gasteiger partial charge in [0.25, 0.3) is 0 Å². The van der Waals surface area contributed by atoms with Gasteiger partial charge in [-0.2, -0.15) is 5.10 Å². The molecule has 16 heavy (non-hydrogen) atoms. The minimum absolute atomic E-state index is 0.391. The molecule has 0 aliphatic heterocycles. The lowest BCUT2D eigenvalue weighted by molar-refractivity contribution is -0.139. The first kappa shape index (κ1) is 11.4. The van der Waals surface area contributed by atoms with E-state index >= 15 is 0 Å². The summed E-state index contributed by atoms with van der Waals surface area (Å²) in [5, 5.41) is 16.7. The van der Waals surface area contributed by atoms with Crippen LogP contribution in [0, 0.1) is 0 Å². The molecule has 2 N–H and O–H groups in total. The first-order chi connectivity index (χ1) is 7.65. The number of carbonyl (C=O) groups is 1. The third-order valence-corrected chi connectivity index (χ3v) is 2.76. The smallest absolute Gasteiger partial charge is 0.320 e. The minimum Gasteiger partial charge on any atom is -0.480 e. The fourth-order valence-corrected chi connectivity index (χ4v) is 1.69. The zero-order valence-electron chi connectivity index (χ0n) is 8.77. The van der Waals surface area contributed by atoms with Crippen LogP contribution in [-0.4, -0.2) is 32.9 Å². The molecule has 0 spiro atoms. The topological polar surface area (TPSA) is 67.1 Å². The number of nitrogens with zero attached hydrogens (tertiary/aromatic N) is 2. The molecule has 5 nitrogen and oxygen atoms in total. The Morgan fingerprint density at radius 3 is 3.00 bits per heavy atom. The summed E-state index contributed by atoms with van der Waals surface area (Å²) in [6.45, 7) is 0.559. The van der Waals surface area contributed by atoms with Crippen LogP contribution in [0.1, 0.15) is 19.3 Å². The summed E-state index contributed by atoms with van der Waals surface area (Å²) in [4.78, 5) is 11.0. The maximum absolute atomic E-state index is 11.0. The third-order valence-electron chi connectivity index (χ3n) is 2.56. The summed E-state index contributed by atoms with van der Waals surface area (Å²) in [6, 6.07) is -0.0993. The van der Waals surface area contributed by atoms with E-state index in [1.807, 2.05) is 0 Å². The molecule has 0 saturated heterocycles. The predicted molar refractivity (Wildman–Crippen MR) is 59.4 cm³/mol. The fourth-order valence-electron chi connectivity index (χ4n) is 1.53. The lowest BCUT2D eigenvalue weighted by atomic mass is 10.2. The normalized spacial score (nSPS) is 17.3. The molecule has 1 atom stereocenters. The van der Waals surface area contributed by atoms with Gasteiger partial charge in [0.15, 0.2) is 0 Å². The highest BCUT2D eigenvalue weighted by atomic mass is 35.5. The van der Waals surface area contributed by atoms with Crippen LogP contribution < -0.4 is 5.32 Å². The Morgan fingerprint density at radius 2 is 2.50 bits per heavy atom. The van der Waals surface area contributed by atoms with Gasteiger partial charge >= 0.3 is 5.97 Å². The number of aryl methyl sites for hydroxylation is 1. The number of carboxylic acids is 1. The molecule has 0 radical (unpaired) electrons. The number of aliphatic carboxylic acids is 1. The molecule has 1 aliphatic carbocycles. The number of rotatable bonds is 6. The van der Waals surface area contributed by atoms with Crippen molar-refractivity contribution in [3.05, 3.63) is 17.4 Å². The minimum atomic E-state index is -0.801. The highest BCUT2D eigenvalue weighted by Crippen LogP contribution is 2.20. The summed E-state index contributed by atoms with van der Waals surface area (Å²) in [7, 11) is 0.